The maximum atomic E-state index is 9.06. The van der Waals surface area contributed by atoms with Crippen LogP contribution in [-0.2, 0) is 0 Å². The van der Waals surface area contributed by atoms with E-state index < -0.39 is 0 Å². The highest BCUT2D eigenvalue weighted by atomic mass is 16.5. The van der Waals surface area contributed by atoms with Gasteiger partial charge in [0.1, 0.15) is 12.9 Å². The highest BCUT2D eigenvalue weighted by molar-refractivity contribution is 5.79. The first-order chi connectivity index (χ1) is 9.72. The Bertz CT molecular complexity index is 691. The maximum Gasteiger partial charge on any atom is 0.247 e. The lowest BCUT2D eigenvalue weighted by atomic mass is 10.4. The molecular weight excluding hydrogens is 258 g/mol. The molecule has 1 aliphatic carbocycles. The summed E-state index contributed by atoms with van der Waals surface area (Å²) in [6, 6.07) is 0. The molecule has 1 saturated carbocycles. The molecule has 0 saturated heterocycles. The van der Waals surface area contributed by atoms with E-state index in [-0.39, 0.29) is 18.5 Å². The number of rotatable bonds is 5. The molecule has 0 radical (unpaired) electrons. The number of hydrogen-bond acceptors (Lipinski definition) is 6. The minimum Gasteiger partial charge on any atom is -0.472 e. The second kappa shape index (κ2) is 4.93. The smallest absolute Gasteiger partial charge is 0.247 e. The fourth-order valence-electron chi connectivity index (χ4n) is 1.98. The largest absolute Gasteiger partial charge is 0.472 e. The average Bonchev–Trinajstić information content (AvgIpc) is 3.08. The van der Waals surface area contributed by atoms with Crippen LogP contribution in [0.4, 0.5) is 5.95 Å². The standard InChI is InChI=1S/C13H15N5O2/c1-2-3-20-12-10-11(16-13(14)17-12)18(7-15-10)5-8-4-9(8)6-19/h2,5,7,9,19H,1,3-4,6H2,(H2,14,16,17)/b8-5-. The number of anilines is 1. The van der Waals surface area contributed by atoms with E-state index in [1.165, 1.54) is 0 Å². The monoisotopic (exact) mass is 273 g/mol. The first kappa shape index (κ1) is 12.6. The van der Waals surface area contributed by atoms with Gasteiger partial charge in [-0.3, -0.25) is 4.57 Å². The molecule has 0 spiro atoms. The molecule has 0 aliphatic heterocycles. The molecule has 1 aliphatic rings. The fraction of sp³-hybridized carbons (Fsp3) is 0.308. The summed E-state index contributed by atoms with van der Waals surface area (Å²) in [4.78, 5) is 12.5. The minimum atomic E-state index is 0.131. The quantitative estimate of drug-likeness (QED) is 0.783. The zero-order valence-corrected chi connectivity index (χ0v) is 10.9. The number of nitrogens with zero attached hydrogens (tertiary/aromatic N) is 4. The van der Waals surface area contributed by atoms with E-state index in [9.17, 15) is 0 Å². The van der Waals surface area contributed by atoms with E-state index in [0.29, 0.717) is 23.7 Å². The van der Waals surface area contributed by atoms with Gasteiger partial charge in [-0.25, -0.2) is 4.98 Å². The number of imidazole rings is 1. The van der Waals surface area contributed by atoms with Crippen LogP contribution in [0.5, 0.6) is 5.88 Å². The molecular formula is C13H15N5O2. The van der Waals surface area contributed by atoms with Crippen LogP contribution < -0.4 is 10.5 Å². The fourth-order valence-corrected chi connectivity index (χ4v) is 1.98. The van der Waals surface area contributed by atoms with Gasteiger partial charge in [-0.1, -0.05) is 12.7 Å². The number of aliphatic hydroxyl groups excluding tert-OH is 1. The van der Waals surface area contributed by atoms with Gasteiger partial charge in [0.15, 0.2) is 11.2 Å². The normalized spacial score (nSPS) is 19.4. The molecule has 7 nitrogen and oxygen atoms in total. The van der Waals surface area contributed by atoms with Crippen LogP contribution >= 0.6 is 0 Å². The molecule has 0 aromatic carbocycles. The van der Waals surface area contributed by atoms with E-state index in [1.54, 1.807) is 17.0 Å². The van der Waals surface area contributed by atoms with Crippen molar-refractivity contribution >= 4 is 23.3 Å². The predicted octanol–water partition coefficient (Wildman–Crippen LogP) is 0.826. The molecule has 1 fully saturated rings. The van der Waals surface area contributed by atoms with Gasteiger partial charge in [0, 0.05) is 18.7 Å². The first-order valence-electron chi connectivity index (χ1n) is 6.28. The number of ether oxygens (including phenoxy) is 1. The Kier molecular flexibility index (Phi) is 3.11. The highest BCUT2D eigenvalue weighted by Gasteiger charge is 2.29. The zero-order chi connectivity index (χ0) is 14.1. The van der Waals surface area contributed by atoms with Crippen LogP contribution in [0, 0.1) is 5.92 Å². The highest BCUT2D eigenvalue weighted by Crippen LogP contribution is 2.38. The summed E-state index contributed by atoms with van der Waals surface area (Å²) in [6.45, 7) is 4.09. The van der Waals surface area contributed by atoms with Crippen molar-refractivity contribution in [3.8, 4) is 5.88 Å². The topological polar surface area (TPSA) is 99.1 Å². The summed E-state index contributed by atoms with van der Waals surface area (Å²) in [5.41, 5.74) is 8.00. The minimum absolute atomic E-state index is 0.131. The lowest BCUT2D eigenvalue weighted by Gasteiger charge is -2.04. The molecule has 20 heavy (non-hydrogen) atoms. The van der Waals surface area contributed by atoms with Crippen molar-refractivity contribution in [1.29, 1.82) is 0 Å². The SMILES string of the molecule is C=CCOc1nc(N)nc2c1ncn2/C=C1/CC1CO. The number of fused-ring (bicyclic) bond motifs is 1. The second-order valence-electron chi connectivity index (χ2n) is 4.60. The molecule has 3 N–H and O–H groups in total. The molecule has 7 heteroatoms. The van der Waals surface area contributed by atoms with Crippen molar-refractivity contribution < 1.29 is 9.84 Å². The van der Waals surface area contributed by atoms with Gasteiger partial charge >= 0.3 is 0 Å². The molecule has 2 aromatic heterocycles. The summed E-state index contributed by atoms with van der Waals surface area (Å²) in [5, 5.41) is 9.06. The maximum absolute atomic E-state index is 9.06. The second-order valence-corrected chi connectivity index (χ2v) is 4.60. The van der Waals surface area contributed by atoms with Gasteiger partial charge < -0.3 is 15.6 Å². The van der Waals surface area contributed by atoms with Gasteiger partial charge in [-0.2, -0.15) is 9.97 Å². The number of aromatic nitrogens is 4. The zero-order valence-electron chi connectivity index (χ0n) is 10.9. The van der Waals surface area contributed by atoms with Crippen molar-refractivity contribution in [2.24, 2.45) is 5.92 Å². The third-order valence-corrected chi connectivity index (χ3v) is 3.12. The number of nitrogen functional groups attached to an aromatic ring is 1. The molecule has 2 heterocycles. The Balaban J connectivity index is 2.01. The van der Waals surface area contributed by atoms with Crippen LogP contribution in [0.25, 0.3) is 17.4 Å². The molecule has 0 amide bonds. The Morgan fingerprint density at radius 3 is 3.10 bits per heavy atom. The number of nitrogens with two attached hydrogens (primary N) is 1. The van der Waals surface area contributed by atoms with Crippen molar-refractivity contribution in [3.05, 3.63) is 24.6 Å². The Labute approximate surface area is 115 Å². The molecule has 1 unspecified atom stereocenters. The Hall–Kier alpha value is -2.41. The summed E-state index contributed by atoms with van der Waals surface area (Å²) in [5.74, 6) is 0.730. The van der Waals surface area contributed by atoms with E-state index >= 15 is 0 Å². The van der Waals surface area contributed by atoms with Crippen molar-refractivity contribution in [3.63, 3.8) is 0 Å². The van der Waals surface area contributed by atoms with Crippen LogP contribution in [0.15, 0.2) is 24.6 Å². The van der Waals surface area contributed by atoms with Gasteiger partial charge in [-0.05, 0) is 12.0 Å². The van der Waals surface area contributed by atoms with Gasteiger partial charge in [0.05, 0.1) is 0 Å². The summed E-state index contributed by atoms with van der Waals surface area (Å²) < 4.78 is 7.22. The van der Waals surface area contributed by atoms with Crippen LogP contribution in [0.1, 0.15) is 6.42 Å². The van der Waals surface area contributed by atoms with Gasteiger partial charge in [-0.15, -0.1) is 0 Å². The van der Waals surface area contributed by atoms with Crippen molar-refractivity contribution in [2.45, 2.75) is 6.42 Å². The van der Waals surface area contributed by atoms with E-state index in [2.05, 4.69) is 21.5 Å². The lowest BCUT2D eigenvalue weighted by Crippen LogP contribution is -2.02. The van der Waals surface area contributed by atoms with E-state index in [0.717, 1.165) is 12.0 Å². The molecule has 2 aromatic rings. The van der Waals surface area contributed by atoms with Crippen LogP contribution in [0.2, 0.25) is 0 Å². The van der Waals surface area contributed by atoms with Crippen molar-refractivity contribution in [1.82, 2.24) is 19.5 Å². The summed E-state index contributed by atoms with van der Waals surface area (Å²) >= 11 is 0. The third-order valence-electron chi connectivity index (χ3n) is 3.12. The van der Waals surface area contributed by atoms with E-state index in [1.807, 2.05) is 6.20 Å². The molecule has 1 atom stereocenters. The van der Waals surface area contributed by atoms with Crippen LogP contribution in [0.3, 0.4) is 0 Å². The Morgan fingerprint density at radius 2 is 2.40 bits per heavy atom. The lowest BCUT2D eigenvalue weighted by molar-refractivity contribution is 0.281. The van der Waals surface area contributed by atoms with Gasteiger partial charge in [0.25, 0.3) is 0 Å². The summed E-state index contributed by atoms with van der Waals surface area (Å²) in [6.07, 6.45) is 6.08. The first-order valence-corrected chi connectivity index (χ1v) is 6.28. The average molecular weight is 273 g/mol. The molecule has 3 rings (SSSR count). The van der Waals surface area contributed by atoms with Gasteiger partial charge in [0.2, 0.25) is 11.8 Å². The third kappa shape index (κ3) is 2.23. The summed E-state index contributed by atoms with van der Waals surface area (Å²) in [7, 11) is 0. The predicted molar refractivity (Wildman–Crippen MR) is 74.9 cm³/mol. The van der Waals surface area contributed by atoms with E-state index in [4.69, 9.17) is 15.6 Å². The number of hydrogen-bond donors (Lipinski definition) is 2. The number of aliphatic hydroxyl groups is 1. The Morgan fingerprint density at radius 1 is 1.55 bits per heavy atom. The van der Waals surface area contributed by atoms with Crippen LogP contribution in [-0.4, -0.2) is 37.8 Å². The molecule has 104 valence electrons. The van der Waals surface area contributed by atoms with Crippen molar-refractivity contribution in [2.75, 3.05) is 18.9 Å². The molecule has 0 bridgehead atoms.